The fourth-order valence-electron chi connectivity index (χ4n) is 2.10. The molecule has 0 heterocycles. The van der Waals surface area contributed by atoms with Crippen LogP contribution >= 0.6 is 23.2 Å². The minimum atomic E-state index is -3.42. The third-order valence-corrected chi connectivity index (χ3v) is 5.63. The van der Waals surface area contributed by atoms with Gasteiger partial charge in [-0.25, -0.2) is 12.8 Å². The molecule has 2 aromatic rings. The highest BCUT2D eigenvalue weighted by atomic mass is 35.5. The number of hydrogen-bond acceptors (Lipinski definition) is 3. The average molecular weight is 404 g/mol. The van der Waals surface area contributed by atoms with E-state index < -0.39 is 21.6 Å². The standard InChI is InChI=1S/C17H16Cl2FNO3S/c18-14-4-1-12(2-5-14)11-25(23,24)8-7-17(22)21-10-13-3-6-15(20)9-16(13)19/h1-6,9H,7-8,10-11H2,(H,21,22). The maximum absolute atomic E-state index is 13.0. The van der Waals surface area contributed by atoms with Crippen molar-refractivity contribution in [3.63, 3.8) is 0 Å². The summed E-state index contributed by atoms with van der Waals surface area (Å²) in [6, 6.07) is 10.4. The van der Waals surface area contributed by atoms with Crippen molar-refractivity contribution in [2.24, 2.45) is 0 Å². The van der Waals surface area contributed by atoms with E-state index in [2.05, 4.69) is 5.32 Å². The minimum Gasteiger partial charge on any atom is -0.352 e. The maximum Gasteiger partial charge on any atom is 0.221 e. The normalized spacial score (nSPS) is 11.3. The van der Waals surface area contributed by atoms with E-state index in [9.17, 15) is 17.6 Å². The molecule has 0 aliphatic heterocycles. The van der Waals surface area contributed by atoms with Crippen molar-refractivity contribution in [2.75, 3.05) is 5.75 Å². The van der Waals surface area contributed by atoms with Crippen LogP contribution in [0, 0.1) is 5.82 Å². The zero-order valence-corrected chi connectivity index (χ0v) is 15.5. The summed E-state index contributed by atoms with van der Waals surface area (Å²) in [5.74, 6) is -1.30. The molecule has 0 bridgehead atoms. The Morgan fingerprint density at radius 2 is 1.76 bits per heavy atom. The second-order valence-corrected chi connectivity index (χ2v) is 8.51. The molecule has 0 spiro atoms. The summed E-state index contributed by atoms with van der Waals surface area (Å²) >= 11 is 11.6. The molecular weight excluding hydrogens is 388 g/mol. The van der Waals surface area contributed by atoms with Gasteiger partial charge in [0.25, 0.3) is 0 Å². The molecule has 0 saturated carbocycles. The maximum atomic E-state index is 13.0. The first kappa shape index (κ1) is 19.7. The molecule has 0 saturated heterocycles. The predicted octanol–water partition coefficient (Wildman–Crippen LogP) is 3.75. The van der Waals surface area contributed by atoms with Crippen LogP contribution in [0.5, 0.6) is 0 Å². The van der Waals surface area contributed by atoms with E-state index in [-0.39, 0.29) is 29.5 Å². The van der Waals surface area contributed by atoms with Crippen LogP contribution in [0.3, 0.4) is 0 Å². The molecule has 0 aliphatic rings. The molecule has 2 rings (SSSR count). The fourth-order valence-corrected chi connectivity index (χ4v) is 3.80. The minimum absolute atomic E-state index is 0.106. The highest BCUT2D eigenvalue weighted by molar-refractivity contribution is 7.90. The third-order valence-electron chi connectivity index (χ3n) is 3.43. The Hall–Kier alpha value is -1.63. The molecule has 2 aromatic carbocycles. The number of carbonyl (C=O) groups excluding carboxylic acids is 1. The first-order valence-electron chi connectivity index (χ1n) is 7.41. The molecule has 4 nitrogen and oxygen atoms in total. The van der Waals surface area contributed by atoms with Gasteiger partial charge in [0.2, 0.25) is 5.91 Å². The number of amides is 1. The number of carbonyl (C=O) groups is 1. The Bertz CT molecular complexity index is 855. The molecule has 1 N–H and O–H groups in total. The van der Waals surface area contributed by atoms with Crippen LogP contribution in [0.4, 0.5) is 4.39 Å². The Morgan fingerprint density at radius 3 is 2.40 bits per heavy atom. The lowest BCUT2D eigenvalue weighted by atomic mass is 10.2. The van der Waals surface area contributed by atoms with E-state index in [1.807, 2.05) is 0 Å². The quantitative estimate of drug-likeness (QED) is 0.765. The molecular formula is C17H16Cl2FNO3S. The van der Waals surface area contributed by atoms with Gasteiger partial charge in [0.05, 0.1) is 11.5 Å². The van der Waals surface area contributed by atoms with Crippen molar-refractivity contribution in [1.82, 2.24) is 5.32 Å². The largest absolute Gasteiger partial charge is 0.352 e. The van der Waals surface area contributed by atoms with Crippen LogP contribution in [-0.2, 0) is 26.9 Å². The number of halogens is 3. The van der Waals surface area contributed by atoms with Gasteiger partial charge in [-0.1, -0.05) is 41.4 Å². The van der Waals surface area contributed by atoms with Crippen LogP contribution in [0.2, 0.25) is 10.0 Å². The molecule has 0 unspecified atom stereocenters. The first-order valence-corrected chi connectivity index (χ1v) is 9.98. The Labute approximate surface area is 155 Å². The van der Waals surface area contributed by atoms with Crippen LogP contribution < -0.4 is 5.32 Å². The van der Waals surface area contributed by atoms with Crippen LogP contribution in [0.1, 0.15) is 17.5 Å². The summed E-state index contributed by atoms with van der Waals surface area (Å²) in [5.41, 5.74) is 1.17. The third kappa shape index (κ3) is 6.65. The molecule has 0 radical (unpaired) electrons. The summed E-state index contributed by atoms with van der Waals surface area (Å²) in [6.07, 6.45) is -0.158. The first-order chi connectivity index (χ1) is 11.7. The van der Waals surface area contributed by atoms with E-state index in [1.165, 1.54) is 12.1 Å². The molecule has 0 aliphatic carbocycles. The monoisotopic (exact) mass is 403 g/mol. The van der Waals surface area contributed by atoms with E-state index in [0.29, 0.717) is 16.1 Å². The summed E-state index contributed by atoms with van der Waals surface area (Å²) in [5, 5.41) is 3.31. The van der Waals surface area contributed by atoms with Gasteiger partial charge in [-0.3, -0.25) is 4.79 Å². The van der Waals surface area contributed by atoms with Crippen LogP contribution in [-0.4, -0.2) is 20.1 Å². The molecule has 134 valence electrons. The molecule has 0 fully saturated rings. The number of benzene rings is 2. The Balaban J connectivity index is 1.83. The SMILES string of the molecule is O=C(CCS(=O)(=O)Cc1ccc(Cl)cc1)NCc1ccc(F)cc1Cl. The van der Waals surface area contributed by atoms with Gasteiger partial charge in [0.15, 0.2) is 9.84 Å². The lowest BCUT2D eigenvalue weighted by Crippen LogP contribution is -2.25. The van der Waals surface area contributed by atoms with Crippen molar-refractivity contribution < 1.29 is 17.6 Å². The summed E-state index contributed by atoms with van der Waals surface area (Å²) in [6.45, 7) is 0.106. The second-order valence-electron chi connectivity index (χ2n) is 5.48. The lowest BCUT2D eigenvalue weighted by molar-refractivity contribution is -0.120. The number of hydrogen-bond donors (Lipinski definition) is 1. The van der Waals surface area contributed by atoms with E-state index in [1.54, 1.807) is 24.3 Å². The van der Waals surface area contributed by atoms with Gasteiger partial charge in [-0.05, 0) is 35.4 Å². The average Bonchev–Trinajstić information content (AvgIpc) is 2.54. The number of sulfone groups is 1. The van der Waals surface area contributed by atoms with E-state index in [4.69, 9.17) is 23.2 Å². The van der Waals surface area contributed by atoms with Gasteiger partial charge in [-0.15, -0.1) is 0 Å². The smallest absolute Gasteiger partial charge is 0.221 e. The molecule has 0 atom stereocenters. The molecule has 0 aromatic heterocycles. The van der Waals surface area contributed by atoms with Crippen molar-refractivity contribution in [3.05, 3.63) is 69.5 Å². The summed E-state index contributed by atoms with van der Waals surface area (Å²) < 4.78 is 37.1. The number of nitrogens with one attached hydrogen (secondary N) is 1. The molecule has 1 amide bonds. The summed E-state index contributed by atoms with van der Waals surface area (Å²) in [4.78, 5) is 11.8. The van der Waals surface area contributed by atoms with E-state index in [0.717, 1.165) is 6.07 Å². The summed E-state index contributed by atoms with van der Waals surface area (Å²) in [7, 11) is -3.42. The van der Waals surface area contributed by atoms with Gasteiger partial charge >= 0.3 is 0 Å². The van der Waals surface area contributed by atoms with Crippen LogP contribution in [0.25, 0.3) is 0 Å². The zero-order valence-electron chi connectivity index (χ0n) is 13.1. The van der Waals surface area contributed by atoms with Gasteiger partial charge in [0.1, 0.15) is 5.82 Å². The Kier molecular flexibility index (Phi) is 6.81. The predicted molar refractivity (Wildman–Crippen MR) is 96.8 cm³/mol. The zero-order chi connectivity index (χ0) is 18.4. The second kappa shape index (κ2) is 8.65. The Morgan fingerprint density at radius 1 is 1.08 bits per heavy atom. The fraction of sp³-hybridized carbons (Fsp3) is 0.235. The van der Waals surface area contributed by atoms with Gasteiger partial charge in [0, 0.05) is 23.0 Å². The van der Waals surface area contributed by atoms with Crippen molar-refractivity contribution in [1.29, 1.82) is 0 Å². The lowest BCUT2D eigenvalue weighted by Gasteiger charge is -2.08. The van der Waals surface area contributed by atoms with Crippen molar-refractivity contribution in [2.45, 2.75) is 18.7 Å². The van der Waals surface area contributed by atoms with Gasteiger partial charge in [-0.2, -0.15) is 0 Å². The van der Waals surface area contributed by atoms with Gasteiger partial charge < -0.3 is 5.32 Å². The van der Waals surface area contributed by atoms with Crippen LogP contribution in [0.15, 0.2) is 42.5 Å². The highest BCUT2D eigenvalue weighted by Crippen LogP contribution is 2.17. The molecule has 8 heteroatoms. The number of rotatable bonds is 7. The molecule has 25 heavy (non-hydrogen) atoms. The van der Waals surface area contributed by atoms with Crippen molar-refractivity contribution in [3.8, 4) is 0 Å². The highest BCUT2D eigenvalue weighted by Gasteiger charge is 2.15. The van der Waals surface area contributed by atoms with E-state index >= 15 is 0 Å². The van der Waals surface area contributed by atoms with Crippen molar-refractivity contribution >= 4 is 38.9 Å². The topological polar surface area (TPSA) is 63.2 Å².